The van der Waals surface area contributed by atoms with E-state index in [0.29, 0.717) is 6.42 Å². The average molecular weight is 476 g/mol. The molecule has 1 N–H and O–H groups in total. The first-order valence-corrected chi connectivity index (χ1v) is 11.5. The van der Waals surface area contributed by atoms with Crippen molar-refractivity contribution >= 4 is 11.9 Å². The summed E-state index contributed by atoms with van der Waals surface area (Å²) in [5.74, 6) is 9.58. The highest BCUT2D eigenvalue weighted by atomic mass is 19.4. The quantitative estimate of drug-likeness (QED) is 0.173. The van der Waals surface area contributed by atoms with Crippen LogP contribution in [0.4, 0.5) is 13.2 Å². The first-order chi connectivity index (χ1) is 16.2. The lowest BCUT2D eigenvalue weighted by Gasteiger charge is -2.14. The van der Waals surface area contributed by atoms with Crippen molar-refractivity contribution in [3.63, 3.8) is 0 Å². The van der Waals surface area contributed by atoms with Gasteiger partial charge in [0.15, 0.2) is 6.10 Å². The lowest BCUT2D eigenvalue weighted by atomic mass is 10.0. The molecule has 0 aliphatic heterocycles. The highest BCUT2D eigenvalue weighted by Gasteiger charge is 2.31. The number of esters is 1. The molecular formula is C27H32F3NO3. The number of carbonyl (C=O) groups is 2. The Bertz CT molecular complexity index is 932. The number of ether oxygens (including phenoxy) is 1. The summed E-state index contributed by atoms with van der Waals surface area (Å²) in [6.07, 6.45) is 4.14. The maximum Gasteiger partial charge on any atom is 0.416 e. The average Bonchev–Trinajstić information content (AvgIpc) is 2.79. The van der Waals surface area contributed by atoms with Crippen LogP contribution in [0.1, 0.15) is 81.1 Å². The molecule has 0 saturated heterocycles. The van der Waals surface area contributed by atoms with Gasteiger partial charge in [0, 0.05) is 12.5 Å². The summed E-state index contributed by atoms with van der Waals surface area (Å²) in [4.78, 5) is 23.6. The number of carbonyl (C=O) groups excluding carboxylic acids is 2. The van der Waals surface area contributed by atoms with E-state index in [1.807, 2.05) is 0 Å². The molecule has 4 nitrogen and oxygen atoms in total. The van der Waals surface area contributed by atoms with Gasteiger partial charge in [-0.2, -0.15) is 13.2 Å². The Balaban J connectivity index is 2.86. The molecule has 34 heavy (non-hydrogen) atoms. The van der Waals surface area contributed by atoms with Crippen molar-refractivity contribution in [2.24, 2.45) is 0 Å². The first-order valence-electron chi connectivity index (χ1n) is 11.5. The molecular weight excluding hydrogens is 443 g/mol. The van der Waals surface area contributed by atoms with Crippen molar-refractivity contribution in [3.8, 4) is 23.7 Å². The summed E-state index contributed by atoms with van der Waals surface area (Å²) < 4.78 is 43.9. The van der Waals surface area contributed by atoms with Crippen molar-refractivity contribution in [2.75, 3.05) is 0 Å². The fourth-order valence-corrected chi connectivity index (χ4v) is 3.11. The molecule has 1 rings (SSSR count). The predicted molar refractivity (Wildman–Crippen MR) is 127 cm³/mol. The zero-order valence-corrected chi connectivity index (χ0v) is 19.8. The summed E-state index contributed by atoms with van der Waals surface area (Å²) in [6, 6.07) is 3.69. The first kappa shape index (κ1) is 28.8. The van der Waals surface area contributed by atoms with E-state index in [1.165, 1.54) is 44.4 Å². The number of alkyl halides is 3. The van der Waals surface area contributed by atoms with Crippen LogP contribution in [-0.4, -0.2) is 24.0 Å². The van der Waals surface area contributed by atoms with E-state index in [2.05, 4.69) is 42.5 Å². The van der Waals surface area contributed by atoms with Crippen LogP contribution in [0.25, 0.3) is 0 Å². The molecule has 0 aliphatic rings. The van der Waals surface area contributed by atoms with E-state index in [1.54, 1.807) is 0 Å². The second kappa shape index (κ2) is 15.6. The number of unbranched alkanes of at least 4 members (excludes halogenated alkanes) is 6. The predicted octanol–water partition coefficient (Wildman–Crippen LogP) is 6.07. The Morgan fingerprint density at radius 2 is 1.74 bits per heavy atom. The fraction of sp³-hybridized carbons (Fsp3) is 0.481. The Hall–Kier alpha value is -3.19. The maximum atomic E-state index is 13.0. The van der Waals surface area contributed by atoms with Crippen LogP contribution in [0, 0.1) is 23.7 Å². The van der Waals surface area contributed by atoms with Gasteiger partial charge >= 0.3 is 12.1 Å². The van der Waals surface area contributed by atoms with Crippen LogP contribution in [0.5, 0.6) is 0 Å². The highest BCUT2D eigenvalue weighted by molar-refractivity contribution is 5.94. The number of nitrogens with one attached hydrogen (secondary N) is 1. The van der Waals surface area contributed by atoms with Crippen LogP contribution in [0.15, 0.2) is 36.9 Å². The lowest BCUT2D eigenvalue weighted by molar-refractivity contribution is -0.142. The van der Waals surface area contributed by atoms with E-state index in [4.69, 9.17) is 4.74 Å². The third kappa shape index (κ3) is 12.2. The minimum atomic E-state index is -4.54. The molecule has 0 unspecified atom stereocenters. The van der Waals surface area contributed by atoms with Crippen LogP contribution in [0.2, 0.25) is 0 Å². The van der Waals surface area contributed by atoms with Crippen molar-refractivity contribution in [1.82, 2.24) is 5.32 Å². The third-order valence-corrected chi connectivity index (χ3v) is 4.88. The van der Waals surface area contributed by atoms with Crippen molar-refractivity contribution in [2.45, 2.75) is 83.5 Å². The molecule has 0 aliphatic carbocycles. The van der Waals surface area contributed by atoms with E-state index < -0.39 is 35.8 Å². The van der Waals surface area contributed by atoms with Crippen molar-refractivity contribution < 1.29 is 27.5 Å². The lowest BCUT2D eigenvalue weighted by Crippen LogP contribution is -2.34. The van der Waals surface area contributed by atoms with Crippen LogP contribution in [-0.2, 0) is 15.7 Å². The van der Waals surface area contributed by atoms with E-state index >= 15 is 0 Å². The highest BCUT2D eigenvalue weighted by Crippen LogP contribution is 2.29. The molecule has 0 spiro atoms. The Morgan fingerprint density at radius 1 is 1.09 bits per heavy atom. The smallest absolute Gasteiger partial charge is 0.416 e. The maximum absolute atomic E-state index is 13.0. The van der Waals surface area contributed by atoms with E-state index in [9.17, 15) is 22.8 Å². The fourth-order valence-electron chi connectivity index (χ4n) is 3.11. The van der Waals surface area contributed by atoms with Gasteiger partial charge in [0.1, 0.15) is 0 Å². The Kier molecular flexibility index (Phi) is 13.2. The van der Waals surface area contributed by atoms with Gasteiger partial charge < -0.3 is 10.1 Å². The van der Waals surface area contributed by atoms with Gasteiger partial charge in [-0.05, 0) is 48.5 Å². The SMILES string of the molecule is C=C[C@@H](C#CC#C[C@@H](CCCCCCCCC)NC(=O)c1cccc(C(F)(F)F)c1)OC(C)=O. The second-order valence-corrected chi connectivity index (χ2v) is 7.82. The standard InChI is InChI=1S/C27H32F3NO3/c1-4-6-7-8-9-10-11-17-24(18-12-13-19-25(5-2)34-21(3)32)31-26(33)22-15-14-16-23(20-22)27(28,29)30/h5,14-16,20,24-25H,2,4,6-11,17H2,1,3H3,(H,31,33)/t24-,25+/m1/s1. The van der Waals surface area contributed by atoms with Crippen molar-refractivity contribution in [1.29, 1.82) is 0 Å². The molecule has 0 fully saturated rings. The molecule has 7 heteroatoms. The van der Waals surface area contributed by atoms with Crippen LogP contribution in [0.3, 0.4) is 0 Å². The van der Waals surface area contributed by atoms with Crippen LogP contribution >= 0.6 is 0 Å². The van der Waals surface area contributed by atoms with E-state index in [0.717, 1.165) is 37.8 Å². The second-order valence-electron chi connectivity index (χ2n) is 7.82. The zero-order chi connectivity index (χ0) is 25.4. The van der Waals surface area contributed by atoms with Gasteiger partial charge in [0.05, 0.1) is 11.6 Å². The number of rotatable bonds is 12. The number of hydrogen-bond donors (Lipinski definition) is 1. The third-order valence-electron chi connectivity index (χ3n) is 4.88. The summed E-state index contributed by atoms with van der Waals surface area (Å²) in [5.41, 5.74) is -0.976. The molecule has 184 valence electrons. The molecule has 0 aromatic heterocycles. The minimum absolute atomic E-state index is 0.0890. The van der Waals surface area contributed by atoms with Crippen molar-refractivity contribution in [3.05, 3.63) is 48.0 Å². The Morgan fingerprint density at radius 3 is 2.35 bits per heavy atom. The van der Waals surface area contributed by atoms with Gasteiger partial charge in [0.2, 0.25) is 0 Å². The normalized spacial score (nSPS) is 12.3. The molecule has 1 aromatic rings. The molecule has 2 atom stereocenters. The molecule has 0 heterocycles. The number of halogens is 3. The monoisotopic (exact) mass is 475 g/mol. The van der Waals surface area contributed by atoms with Gasteiger partial charge in [-0.3, -0.25) is 9.59 Å². The molecule has 0 radical (unpaired) electrons. The largest absolute Gasteiger partial charge is 0.445 e. The van der Waals surface area contributed by atoms with Crippen LogP contribution < -0.4 is 5.32 Å². The number of amides is 1. The van der Waals surface area contributed by atoms with E-state index in [-0.39, 0.29) is 5.56 Å². The molecule has 1 amide bonds. The van der Waals surface area contributed by atoms with Gasteiger partial charge in [-0.15, -0.1) is 0 Å². The molecule has 0 bridgehead atoms. The summed E-state index contributed by atoms with van der Waals surface area (Å²) in [7, 11) is 0. The van der Waals surface area contributed by atoms with Gasteiger partial charge in [0.25, 0.3) is 5.91 Å². The summed E-state index contributed by atoms with van der Waals surface area (Å²) in [5, 5.41) is 2.70. The van der Waals surface area contributed by atoms with Gasteiger partial charge in [-0.25, -0.2) is 0 Å². The zero-order valence-electron chi connectivity index (χ0n) is 19.8. The topological polar surface area (TPSA) is 55.4 Å². The Labute approximate surface area is 200 Å². The number of benzene rings is 1. The summed E-state index contributed by atoms with van der Waals surface area (Å²) >= 11 is 0. The molecule has 1 aromatic carbocycles. The van der Waals surface area contributed by atoms with Gasteiger partial charge in [-0.1, -0.05) is 70.4 Å². The molecule has 0 saturated carbocycles. The minimum Gasteiger partial charge on any atom is -0.445 e. The number of hydrogen-bond acceptors (Lipinski definition) is 3. The summed E-state index contributed by atoms with van der Waals surface area (Å²) in [6.45, 7) is 6.95.